The second-order valence-corrected chi connectivity index (χ2v) is 5.23. The van der Waals surface area contributed by atoms with Crippen molar-refractivity contribution in [3.8, 4) is 5.75 Å². The van der Waals surface area contributed by atoms with Gasteiger partial charge in [0.2, 0.25) is 5.91 Å². The van der Waals surface area contributed by atoms with E-state index in [1.165, 1.54) is 0 Å². The molecule has 3 N–H and O–H groups in total. The second-order valence-electron chi connectivity index (χ2n) is 4.82. The number of rotatable bonds is 3. The Kier molecular flexibility index (Phi) is 4.32. The van der Waals surface area contributed by atoms with Crippen LogP contribution in [-0.4, -0.2) is 12.5 Å². The molecule has 1 aliphatic heterocycles. The summed E-state index contributed by atoms with van der Waals surface area (Å²) in [5, 5.41) is 3.56. The lowest BCUT2D eigenvalue weighted by Crippen LogP contribution is -2.32. The lowest BCUT2D eigenvalue weighted by molar-refractivity contribution is -0.121. The van der Waals surface area contributed by atoms with Gasteiger partial charge in [-0.2, -0.15) is 0 Å². The summed E-state index contributed by atoms with van der Waals surface area (Å²) < 4.78 is 5.61. The molecule has 1 heterocycles. The summed E-state index contributed by atoms with van der Waals surface area (Å²) in [6.07, 6.45) is 1.21. The molecule has 19 heavy (non-hydrogen) atoms. The Bertz CT molecular complexity index is 489. The molecule has 0 fully saturated rings. The first kappa shape index (κ1) is 14.2. The van der Waals surface area contributed by atoms with Crippen LogP contribution in [0.3, 0.4) is 0 Å². The predicted molar refractivity (Wildman–Crippen MR) is 75.3 cm³/mol. The average molecular weight is 283 g/mol. The standard InChI is InChI=1S/C14H19ClN2O2/c1-3-13(18)17-12-4-5-19-14-10(12)6-9(8(2)16)7-11(14)15/h6-8,12H,3-5,16H2,1-2H3,(H,17,18). The molecule has 104 valence electrons. The summed E-state index contributed by atoms with van der Waals surface area (Å²) in [6.45, 7) is 4.29. The molecule has 2 unspecified atom stereocenters. The Morgan fingerprint density at radius 1 is 1.63 bits per heavy atom. The first-order valence-electron chi connectivity index (χ1n) is 6.54. The van der Waals surface area contributed by atoms with E-state index >= 15 is 0 Å². The SMILES string of the molecule is CCC(=O)NC1CCOc2c(Cl)cc(C(C)N)cc21. The third kappa shape index (κ3) is 3.01. The Hall–Kier alpha value is -1.26. The summed E-state index contributed by atoms with van der Waals surface area (Å²) in [4.78, 5) is 11.6. The molecular weight excluding hydrogens is 264 g/mol. The van der Waals surface area contributed by atoms with Crippen molar-refractivity contribution in [1.82, 2.24) is 5.32 Å². The molecule has 0 aliphatic carbocycles. The first-order chi connectivity index (χ1) is 9.02. The zero-order valence-corrected chi connectivity index (χ0v) is 12.0. The summed E-state index contributed by atoms with van der Waals surface area (Å²) in [7, 11) is 0. The highest BCUT2D eigenvalue weighted by Crippen LogP contribution is 2.39. The molecule has 1 aromatic carbocycles. The number of nitrogens with two attached hydrogens (primary N) is 1. The van der Waals surface area contributed by atoms with Gasteiger partial charge >= 0.3 is 0 Å². The zero-order valence-electron chi connectivity index (χ0n) is 11.2. The minimum Gasteiger partial charge on any atom is -0.492 e. The van der Waals surface area contributed by atoms with Gasteiger partial charge < -0.3 is 15.8 Å². The minimum atomic E-state index is -0.104. The Labute approximate surface area is 118 Å². The van der Waals surface area contributed by atoms with Gasteiger partial charge in [-0.25, -0.2) is 0 Å². The van der Waals surface area contributed by atoms with Crippen LogP contribution in [0.25, 0.3) is 0 Å². The van der Waals surface area contributed by atoms with E-state index in [1.54, 1.807) is 0 Å². The molecule has 0 bridgehead atoms. The minimum absolute atomic E-state index is 0.0279. The van der Waals surface area contributed by atoms with E-state index in [4.69, 9.17) is 22.1 Å². The van der Waals surface area contributed by atoms with Crippen LogP contribution in [0.1, 0.15) is 49.9 Å². The predicted octanol–water partition coefficient (Wildman–Crippen LogP) is 2.71. The number of ether oxygens (including phenoxy) is 1. The van der Waals surface area contributed by atoms with E-state index in [1.807, 2.05) is 26.0 Å². The van der Waals surface area contributed by atoms with E-state index in [2.05, 4.69) is 5.32 Å². The summed E-state index contributed by atoms with van der Waals surface area (Å²) in [5.41, 5.74) is 7.77. The maximum Gasteiger partial charge on any atom is 0.220 e. The van der Waals surface area contributed by atoms with Crippen molar-refractivity contribution >= 4 is 17.5 Å². The van der Waals surface area contributed by atoms with Crippen molar-refractivity contribution in [2.24, 2.45) is 5.73 Å². The monoisotopic (exact) mass is 282 g/mol. The molecule has 1 aliphatic rings. The quantitative estimate of drug-likeness (QED) is 0.896. The van der Waals surface area contributed by atoms with Crippen LogP contribution in [0.4, 0.5) is 0 Å². The molecular formula is C14H19ClN2O2. The third-order valence-electron chi connectivity index (χ3n) is 3.31. The smallest absolute Gasteiger partial charge is 0.220 e. The zero-order chi connectivity index (χ0) is 14.0. The van der Waals surface area contributed by atoms with Gasteiger partial charge in [0.1, 0.15) is 5.75 Å². The van der Waals surface area contributed by atoms with Crippen molar-refractivity contribution in [1.29, 1.82) is 0 Å². The van der Waals surface area contributed by atoms with Crippen molar-refractivity contribution in [3.63, 3.8) is 0 Å². The molecule has 0 saturated heterocycles. The van der Waals surface area contributed by atoms with Gasteiger partial charge in [-0.3, -0.25) is 4.79 Å². The highest BCUT2D eigenvalue weighted by molar-refractivity contribution is 6.32. The lowest BCUT2D eigenvalue weighted by atomic mass is 9.96. The van der Waals surface area contributed by atoms with Crippen LogP contribution in [0, 0.1) is 0 Å². The van der Waals surface area contributed by atoms with Crippen LogP contribution in [0.2, 0.25) is 5.02 Å². The van der Waals surface area contributed by atoms with Crippen LogP contribution < -0.4 is 15.8 Å². The Balaban J connectivity index is 2.38. The van der Waals surface area contributed by atoms with E-state index in [-0.39, 0.29) is 18.0 Å². The molecule has 1 aromatic rings. The third-order valence-corrected chi connectivity index (χ3v) is 3.59. The number of carbonyl (C=O) groups is 1. The molecule has 2 rings (SSSR count). The molecule has 0 aromatic heterocycles. The summed E-state index contributed by atoms with van der Waals surface area (Å²) >= 11 is 6.23. The van der Waals surface area contributed by atoms with E-state index in [0.717, 1.165) is 17.5 Å². The second kappa shape index (κ2) is 5.80. The summed E-state index contributed by atoms with van der Waals surface area (Å²) in [5.74, 6) is 0.693. The Morgan fingerprint density at radius 3 is 3.00 bits per heavy atom. The van der Waals surface area contributed by atoms with Gasteiger partial charge in [-0.05, 0) is 24.6 Å². The fourth-order valence-corrected chi connectivity index (χ4v) is 2.48. The number of amides is 1. The highest BCUT2D eigenvalue weighted by Gasteiger charge is 2.25. The van der Waals surface area contributed by atoms with Crippen molar-refractivity contribution in [3.05, 3.63) is 28.3 Å². The number of hydrogen-bond acceptors (Lipinski definition) is 3. The Morgan fingerprint density at radius 2 is 2.37 bits per heavy atom. The maximum atomic E-state index is 11.6. The van der Waals surface area contributed by atoms with Crippen LogP contribution >= 0.6 is 11.6 Å². The number of halogens is 1. The number of fused-ring (bicyclic) bond motifs is 1. The van der Waals surface area contributed by atoms with Gasteiger partial charge in [0.05, 0.1) is 17.7 Å². The molecule has 2 atom stereocenters. The van der Waals surface area contributed by atoms with Gasteiger partial charge in [-0.15, -0.1) is 0 Å². The fraction of sp³-hybridized carbons (Fsp3) is 0.500. The first-order valence-corrected chi connectivity index (χ1v) is 6.91. The molecule has 0 saturated carbocycles. The molecule has 1 amide bonds. The lowest BCUT2D eigenvalue weighted by Gasteiger charge is -2.28. The van der Waals surface area contributed by atoms with Gasteiger partial charge in [0, 0.05) is 24.4 Å². The highest BCUT2D eigenvalue weighted by atomic mass is 35.5. The molecule has 0 spiro atoms. The van der Waals surface area contributed by atoms with Gasteiger partial charge in [-0.1, -0.05) is 18.5 Å². The summed E-state index contributed by atoms with van der Waals surface area (Å²) in [6, 6.07) is 3.65. The topological polar surface area (TPSA) is 64.3 Å². The van der Waals surface area contributed by atoms with Crippen molar-refractivity contribution in [2.75, 3.05) is 6.61 Å². The normalized spacial score (nSPS) is 19.3. The van der Waals surface area contributed by atoms with Crippen LogP contribution in [-0.2, 0) is 4.79 Å². The number of hydrogen-bond donors (Lipinski definition) is 2. The van der Waals surface area contributed by atoms with E-state index in [0.29, 0.717) is 23.8 Å². The number of nitrogens with one attached hydrogen (secondary N) is 1. The van der Waals surface area contributed by atoms with E-state index in [9.17, 15) is 4.79 Å². The largest absolute Gasteiger partial charge is 0.492 e. The average Bonchev–Trinajstić information content (AvgIpc) is 2.39. The number of benzene rings is 1. The van der Waals surface area contributed by atoms with E-state index < -0.39 is 0 Å². The van der Waals surface area contributed by atoms with Gasteiger partial charge in [0.25, 0.3) is 0 Å². The van der Waals surface area contributed by atoms with Crippen molar-refractivity contribution < 1.29 is 9.53 Å². The molecule has 4 nitrogen and oxygen atoms in total. The van der Waals surface area contributed by atoms with Gasteiger partial charge in [0.15, 0.2) is 0 Å². The number of carbonyl (C=O) groups excluding carboxylic acids is 1. The maximum absolute atomic E-state index is 11.6. The molecule has 5 heteroatoms. The van der Waals surface area contributed by atoms with Crippen LogP contribution in [0.5, 0.6) is 5.75 Å². The van der Waals surface area contributed by atoms with Crippen molar-refractivity contribution in [2.45, 2.75) is 38.8 Å². The molecule has 0 radical (unpaired) electrons. The van der Waals surface area contributed by atoms with Crippen LogP contribution in [0.15, 0.2) is 12.1 Å². The fourth-order valence-electron chi connectivity index (χ4n) is 2.19.